The highest BCUT2D eigenvalue weighted by molar-refractivity contribution is 5.98. The molecule has 0 aliphatic heterocycles. The minimum Gasteiger partial charge on any atom is -0.305 e. The van der Waals surface area contributed by atoms with Crippen LogP contribution in [0.15, 0.2) is 24.3 Å². The molecule has 86 valence electrons. The normalized spacial score (nSPS) is 12.1. The SMILES string of the molecule is CC[C@@H](C)CC(=N)c1ccc([N+](=O)[O-])cc1. The maximum Gasteiger partial charge on any atom is 0.269 e. The lowest BCUT2D eigenvalue weighted by atomic mass is 9.97. The van der Waals surface area contributed by atoms with E-state index in [1.165, 1.54) is 12.1 Å². The van der Waals surface area contributed by atoms with Gasteiger partial charge in [-0.1, -0.05) is 20.3 Å². The average Bonchev–Trinajstić information content (AvgIpc) is 2.28. The molecule has 0 amide bonds. The van der Waals surface area contributed by atoms with Crippen molar-refractivity contribution in [3.05, 3.63) is 39.9 Å². The van der Waals surface area contributed by atoms with Crippen molar-refractivity contribution in [2.24, 2.45) is 5.92 Å². The molecular formula is C12H16N2O2. The predicted octanol–water partition coefficient (Wildman–Crippen LogP) is 3.40. The summed E-state index contributed by atoms with van der Waals surface area (Å²) in [6.45, 7) is 4.19. The van der Waals surface area contributed by atoms with E-state index in [1.807, 2.05) is 0 Å². The van der Waals surface area contributed by atoms with Crippen molar-refractivity contribution in [1.82, 2.24) is 0 Å². The highest BCUT2D eigenvalue weighted by Crippen LogP contribution is 2.16. The molecule has 1 aromatic rings. The summed E-state index contributed by atoms with van der Waals surface area (Å²) in [6, 6.07) is 6.17. The van der Waals surface area contributed by atoms with Gasteiger partial charge in [-0.3, -0.25) is 10.1 Å². The van der Waals surface area contributed by atoms with Gasteiger partial charge in [0.15, 0.2) is 0 Å². The molecule has 4 heteroatoms. The van der Waals surface area contributed by atoms with Gasteiger partial charge in [-0.25, -0.2) is 0 Å². The molecule has 0 aromatic heterocycles. The van der Waals surface area contributed by atoms with Gasteiger partial charge in [0.2, 0.25) is 0 Å². The van der Waals surface area contributed by atoms with E-state index in [0.717, 1.165) is 12.0 Å². The second kappa shape index (κ2) is 5.39. The monoisotopic (exact) mass is 220 g/mol. The molecule has 0 bridgehead atoms. The Morgan fingerprint density at radius 1 is 1.44 bits per heavy atom. The summed E-state index contributed by atoms with van der Waals surface area (Å²) in [6.07, 6.45) is 1.75. The van der Waals surface area contributed by atoms with Crippen molar-refractivity contribution >= 4 is 11.4 Å². The number of nitro groups is 1. The van der Waals surface area contributed by atoms with Gasteiger partial charge in [-0.15, -0.1) is 0 Å². The first kappa shape index (κ1) is 12.4. The third-order valence-corrected chi connectivity index (χ3v) is 2.68. The van der Waals surface area contributed by atoms with Gasteiger partial charge in [-0.05, 0) is 30.0 Å². The van der Waals surface area contributed by atoms with E-state index in [0.29, 0.717) is 18.1 Å². The van der Waals surface area contributed by atoms with E-state index >= 15 is 0 Å². The van der Waals surface area contributed by atoms with Crippen LogP contribution >= 0.6 is 0 Å². The second-order valence-corrected chi connectivity index (χ2v) is 4.00. The van der Waals surface area contributed by atoms with Gasteiger partial charge >= 0.3 is 0 Å². The number of hydrogen-bond donors (Lipinski definition) is 1. The molecule has 0 heterocycles. The van der Waals surface area contributed by atoms with Gasteiger partial charge in [0.1, 0.15) is 0 Å². The smallest absolute Gasteiger partial charge is 0.269 e. The molecule has 0 aliphatic carbocycles. The Kier molecular flexibility index (Phi) is 4.17. The number of nitrogens with zero attached hydrogens (tertiary/aromatic N) is 1. The number of hydrogen-bond acceptors (Lipinski definition) is 3. The maximum atomic E-state index is 10.5. The third kappa shape index (κ3) is 3.15. The maximum absolute atomic E-state index is 10.5. The molecule has 0 aliphatic rings. The van der Waals surface area contributed by atoms with Crippen LogP contribution in [0.5, 0.6) is 0 Å². The number of nitrogens with one attached hydrogen (secondary N) is 1. The number of non-ortho nitro benzene ring substituents is 1. The summed E-state index contributed by atoms with van der Waals surface area (Å²) in [4.78, 5) is 10.0. The fourth-order valence-electron chi connectivity index (χ4n) is 1.39. The van der Waals surface area contributed by atoms with E-state index in [4.69, 9.17) is 5.41 Å². The molecule has 1 atom stereocenters. The minimum absolute atomic E-state index is 0.0695. The lowest BCUT2D eigenvalue weighted by molar-refractivity contribution is -0.384. The van der Waals surface area contributed by atoms with Crippen molar-refractivity contribution in [2.45, 2.75) is 26.7 Å². The first-order chi connectivity index (χ1) is 7.54. The molecule has 1 rings (SSSR count). The van der Waals surface area contributed by atoms with Crippen molar-refractivity contribution in [1.29, 1.82) is 5.41 Å². The molecule has 0 unspecified atom stereocenters. The average molecular weight is 220 g/mol. The Hall–Kier alpha value is -1.71. The van der Waals surface area contributed by atoms with Crippen LogP contribution in [0.1, 0.15) is 32.3 Å². The molecule has 0 spiro atoms. The lowest BCUT2D eigenvalue weighted by Gasteiger charge is -2.09. The van der Waals surface area contributed by atoms with Crippen LogP contribution in [0.25, 0.3) is 0 Å². The quantitative estimate of drug-likeness (QED) is 0.469. The van der Waals surface area contributed by atoms with Gasteiger partial charge in [0.25, 0.3) is 5.69 Å². The summed E-state index contributed by atoms with van der Waals surface area (Å²) in [5.41, 5.74) is 1.38. The van der Waals surface area contributed by atoms with E-state index < -0.39 is 4.92 Å². The Balaban J connectivity index is 2.74. The van der Waals surface area contributed by atoms with Crippen molar-refractivity contribution in [3.8, 4) is 0 Å². The summed E-state index contributed by atoms with van der Waals surface area (Å²) in [7, 11) is 0. The first-order valence-corrected chi connectivity index (χ1v) is 5.36. The third-order valence-electron chi connectivity index (χ3n) is 2.68. The van der Waals surface area contributed by atoms with E-state index in [-0.39, 0.29) is 5.69 Å². The summed E-state index contributed by atoms with van der Waals surface area (Å²) in [5, 5.41) is 18.3. The van der Waals surface area contributed by atoms with Crippen molar-refractivity contribution in [3.63, 3.8) is 0 Å². The fraction of sp³-hybridized carbons (Fsp3) is 0.417. The van der Waals surface area contributed by atoms with Crippen LogP contribution in [0.2, 0.25) is 0 Å². The zero-order valence-corrected chi connectivity index (χ0v) is 9.56. The second-order valence-electron chi connectivity index (χ2n) is 4.00. The number of nitro benzene ring substituents is 1. The fourth-order valence-corrected chi connectivity index (χ4v) is 1.39. The van der Waals surface area contributed by atoms with Crippen molar-refractivity contribution < 1.29 is 4.92 Å². The Labute approximate surface area is 95.0 Å². The standard InChI is InChI=1S/C12H16N2O2/c1-3-9(2)8-12(13)10-4-6-11(7-5-10)14(15)16/h4-7,9,13H,3,8H2,1-2H3/t9-/m1/s1. The zero-order valence-electron chi connectivity index (χ0n) is 9.56. The molecule has 1 N–H and O–H groups in total. The molecule has 0 radical (unpaired) electrons. The Morgan fingerprint density at radius 3 is 2.44 bits per heavy atom. The summed E-state index contributed by atoms with van der Waals surface area (Å²) >= 11 is 0. The van der Waals surface area contributed by atoms with Gasteiger partial charge in [-0.2, -0.15) is 0 Å². The van der Waals surface area contributed by atoms with E-state index in [1.54, 1.807) is 12.1 Å². The molecule has 0 fully saturated rings. The predicted molar refractivity (Wildman–Crippen MR) is 64.0 cm³/mol. The minimum atomic E-state index is -0.429. The molecule has 1 aromatic carbocycles. The van der Waals surface area contributed by atoms with E-state index in [9.17, 15) is 10.1 Å². The molecule has 0 saturated heterocycles. The van der Waals surface area contributed by atoms with Crippen LogP contribution in [-0.4, -0.2) is 10.6 Å². The largest absolute Gasteiger partial charge is 0.305 e. The summed E-state index contributed by atoms with van der Waals surface area (Å²) < 4.78 is 0. The molecular weight excluding hydrogens is 204 g/mol. The molecule has 4 nitrogen and oxygen atoms in total. The number of benzene rings is 1. The molecule has 16 heavy (non-hydrogen) atoms. The Bertz CT molecular complexity index is 385. The first-order valence-electron chi connectivity index (χ1n) is 5.36. The van der Waals surface area contributed by atoms with Gasteiger partial charge < -0.3 is 5.41 Å². The van der Waals surface area contributed by atoms with Crippen molar-refractivity contribution in [2.75, 3.05) is 0 Å². The van der Waals surface area contributed by atoms with Gasteiger partial charge in [0.05, 0.1) is 4.92 Å². The van der Waals surface area contributed by atoms with Crippen LogP contribution in [0.4, 0.5) is 5.69 Å². The van der Waals surface area contributed by atoms with Gasteiger partial charge in [0, 0.05) is 17.8 Å². The number of rotatable bonds is 5. The Morgan fingerprint density at radius 2 is 2.00 bits per heavy atom. The van der Waals surface area contributed by atoms with Crippen LogP contribution < -0.4 is 0 Å². The zero-order chi connectivity index (χ0) is 12.1. The molecule has 0 saturated carbocycles. The van der Waals surface area contributed by atoms with Crippen LogP contribution in [0.3, 0.4) is 0 Å². The van der Waals surface area contributed by atoms with Crippen LogP contribution in [-0.2, 0) is 0 Å². The summed E-state index contributed by atoms with van der Waals surface area (Å²) in [5.74, 6) is 0.475. The lowest BCUT2D eigenvalue weighted by Crippen LogP contribution is -2.05. The highest BCUT2D eigenvalue weighted by Gasteiger charge is 2.09. The van der Waals surface area contributed by atoms with Crippen LogP contribution in [0, 0.1) is 21.4 Å². The van der Waals surface area contributed by atoms with E-state index in [2.05, 4.69) is 13.8 Å². The highest BCUT2D eigenvalue weighted by atomic mass is 16.6. The topological polar surface area (TPSA) is 67.0 Å².